The molecule has 0 radical (unpaired) electrons. The molecule has 6 heteroatoms. The summed E-state index contributed by atoms with van der Waals surface area (Å²) in [6.45, 7) is 1.38. The van der Waals surface area contributed by atoms with Gasteiger partial charge in [0.15, 0.2) is 9.84 Å². The number of carboxylic acid groups (broad SMARTS) is 1. The van der Waals surface area contributed by atoms with Gasteiger partial charge in [-0.15, -0.1) is 0 Å². The lowest BCUT2D eigenvalue weighted by molar-refractivity contribution is -0.134. The Hall–Kier alpha value is -1.56. The van der Waals surface area contributed by atoms with Gasteiger partial charge in [0.05, 0.1) is 10.6 Å². The zero-order valence-electron chi connectivity index (χ0n) is 8.80. The maximum atomic E-state index is 11.5. The van der Waals surface area contributed by atoms with Crippen molar-refractivity contribution in [3.05, 3.63) is 24.3 Å². The second-order valence-electron chi connectivity index (χ2n) is 3.18. The van der Waals surface area contributed by atoms with Crippen LogP contribution in [-0.4, -0.2) is 31.8 Å². The molecule has 0 saturated heterocycles. The summed E-state index contributed by atoms with van der Waals surface area (Å²) in [7, 11) is -3.19. The van der Waals surface area contributed by atoms with Gasteiger partial charge in [0.1, 0.15) is 6.54 Å². The highest BCUT2D eigenvalue weighted by molar-refractivity contribution is 7.91. The van der Waals surface area contributed by atoms with Gasteiger partial charge in [-0.2, -0.15) is 0 Å². The van der Waals surface area contributed by atoms with Crippen LogP contribution in [0.1, 0.15) is 6.92 Å². The Labute approximate surface area is 94.0 Å². The number of anilines is 1. The molecule has 2 N–H and O–H groups in total. The molecule has 0 aliphatic rings. The van der Waals surface area contributed by atoms with E-state index in [0.29, 0.717) is 5.69 Å². The highest BCUT2D eigenvalue weighted by Crippen LogP contribution is 2.14. The number of carboxylic acids is 1. The molecule has 5 nitrogen and oxygen atoms in total. The quantitative estimate of drug-likeness (QED) is 0.805. The van der Waals surface area contributed by atoms with Crippen molar-refractivity contribution in [2.24, 2.45) is 0 Å². The van der Waals surface area contributed by atoms with Crippen molar-refractivity contribution in [1.82, 2.24) is 0 Å². The number of aliphatic carboxylic acids is 1. The molecule has 1 rings (SSSR count). The van der Waals surface area contributed by atoms with Crippen molar-refractivity contribution in [3.8, 4) is 0 Å². The fourth-order valence-electron chi connectivity index (χ4n) is 1.12. The third-order valence-corrected chi connectivity index (χ3v) is 3.79. The summed E-state index contributed by atoms with van der Waals surface area (Å²) in [5, 5.41) is 11.1. The van der Waals surface area contributed by atoms with Gasteiger partial charge in [-0.3, -0.25) is 4.79 Å². The van der Waals surface area contributed by atoms with Crippen LogP contribution in [0.5, 0.6) is 0 Å². The molecule has 0 unspecified atom stereocenters. The maximum absolute atomic E-state index is 11.5. The van der Waals surface area contributed by atoms with Gasteiger partial charge in [0.2, 0.25) is 0 Å². The van der Waals surface area contributed by atoms with E-state index in [4.69, 9.17) is 5.11 Å². The molecule has 0 aliphatic heterocycles. The summed E-state index contributed by atoms with van der Waals surface area (Å²) in [5.41, 5.74) is 0.581. The Bertz CT molecular complexity index is 464. The molecule has 0 amide bonds. The SMILES string of the molecule is CCS(=O)(=O)c1ccc(NCC(=O)O)cc1. The Kier molecular flexibility index (Phi) is 3.89. The van der Waals surface area contributed by atoms with Crippen LogP contribution in [0.2, 0.25) is 0 Å². The van der Waals surface area contributed by atoms with E-state index in [1.54, 1.807) is 19.1 Å². The molecule has 0 aromatic heterocycles. The first-order chi connectivity index (χ1) is 7.45. The van der Waals surface area contributed by atoms with Crippen molar-refractivity contribution in [3.63, 3.8) is 0 Å². The minimum absolute atomic E-state index is 0.0505. The largest absolute Gasteiger partial charge is 0.480 e. The minimum Gasteiger partial charge on any atom is -0.480 e. The second kappa shape index (κ2) is 4.98. The van der Waals surface area contributed by atoms with Crippen molar-refractivity contribution in [2.45, 2.75) is 11.8 Å². The number of carbonyl (C=O) groups is 1. The van der Waals surface area contributed by atoms with Gasteiger partial charge in [-0.05, 0) is 24.3 Å². The van der Waals surface area contributed by atoms with Crippen LogP contribution >= 0.6 is 0 Å². The molecule has 0 aliphatic carbocycles. The first-order valence-electron chi connectivity index (χ1n) is 4.74. The minimum atomic E-state index is -3.19. The average Bonchev–Trinajstić information content (AvgIpc) is 2.27. The summed E-state index contributed by atoms with van der Waals surface area (Å²) in [4.78, 5) is 10.5. The number of sulfone groups is 1. The average molecular weight is 243 g/mol. The summed E-state index contributed by atoms with van der Waals surface area (Å²) < 4.78 is 22.9. The van der Waals surface area contributed by atoms with Crippen molar-refractivity contribution < 1.29 is 18.3 Å². The molecule has 1 aromatic carbocycles. The second-order valence-corrected chi connectivity index (χ2v) is 5.45. The highest BCUT2D eigenvalue weighted by atomic mass is 32.2. The lowest BCUT2D eigenvalue weighted by atomic mass is 10.3. The molecule has 0 saturated carbocycles. The Morgan fingerprint density at radius 1 is 1.31 bits per heavy atom. The van der Waals surface area contributed by atoms with E-state index in [9.17, 15) is 13.2 Å². The van der Waals surface area contributed by atoms with Crippen molar-refractivity contribution in [2.75, 3.05) is 17.6 Å². The first kappa shape index (κ1) is 12.5. The Morgan fingerprint density at radius 2 is 1.88 bits per heavy atom. The van der Waals surface area contributed by atoms with E-state index in [1.807, 2.05) is 0 Å². The summed E-state index contributed by atoms with van der Waals surface area (Å²) in [5.74, 6) is -0.917. The molecule has 0 heterocycles. The lowest BCUT2D eigenvalue weighted by Crippen LogP contribution is -2.12. The zero-order chi connectivity index (χ0) is 12.2. The summed E-state index contributed by atoms with van der Waals surface area (Å²) in [6, 6.07) is 6.02. The fraction of sp³-hybridized carbons (Fsp3) is 0.300. The zero-order valence-corrected chi connectivity index (χ0v) is 9.62. The molecule has 0 bridgehead atoms. The third kappa shape index (κ3) is 3.23. The van der Waals surface area contributed by atoms with E-state index in [-0.39, 0.29) is 17.2 Å². The molecular formula is C10H13NO4S. The lowest BCUT2D eigenvalue weighted by Gasteiger charge is -2.05. The van der Waals surface area contributed by atoms with Gasteiger partial charge < -0.3 is 10.4 Å². The fourth-order valence-corrected chi connectivity index (χ4v) is 2.01. The topological polar surface area (TPSA) is 83.5 Å². The van der Waals surface area contributed by atoms with Crippen LogP contribution in [0.25, 0.3) is 0 Å². The van der Waals surface area contributed by atoms with E-state index >= 15 is 0 Å². The van der Waals surface area contributed by atoms with E-state index in [2.05, 4.69) is 5.32 Å². The van der Waals surface area contributed by atoms with E-state index in [1.165, 1.54) is 12.1 Å². The van der Waals surface area contributed by atoms with Crippen LogP contribution in [0.4, 0.5) is 5.69 Å². The molecule has 0 fully saturated rings. The molecule has 0 atom stereocenters. The van der Waals surface area contributed by atoms with E-state index in [0.717, 1.165) is 0 Å². The Morgan fingerprint density at radius 3 is 2.31 bits per heavy atom. The smallest absolute Gasteiger partial charge is 0.322 e. The normalized spacial score (nSPS) is 11.1. The number of rotatable bonds is 5. The maximum Gasteiger partial charge on any atom is 0.322 e. The van der Waals surface area contributed by atoms with Gasteiger partial charge in [0, 0.05) is 5.69 Å². The first-order valence-corrected chi connectivity index (χ1v) is 6.39. The number of hydrogen-bond acceptors (Lipinski definition) is 4. The van der Waals surface area contributed by atoms with Crippen LogP contribution in [-0.2, 0) is 14.6 Å². The number of nitrogens with one attached hydrogen (secondary N) is 1. The molecule has 1 aromatic rings. The predicted molar refractivity (Wildman–Crippen MR) is 60.3 cm³/mol. The van der Waals surface area contributed by atoms with E-state index < -0.39 is 15.8 Å². The van der Waals surface area contributed by atoms with Gasteiger partial charge in [-0.25, -0.2) is 8.42 Å². The highest BCUT2D eigenvalue weighted by Gasteiger charge is 2.10. The monoisotopic (exact) mass is 243 g/mol. The summed E-state index contributed by atoms with van der Waals surface area (Å²) in [6.07, 6.45) is 0. The predicted octanol–water partition coefficient (Wildman–Crippen LogP) is 0.977. The van der Waals surface area contributed by atoms with Gasteiger partial charge >= 0.3 is 5.97 Å². The number of hydrogen-bond donors (Lipinski definition) is 2. The van der Waals surface area contributed by atoms with Crippen LogP contribution in [0.15, 0.2) is 29.2 Å². The van der Waals surface area contributed by atoms with Gasteiger partial charge in [-0.1, -0.05) is 6.92 Å². The molecular weight excluding hydrogens is 230 g/mol. The molecule has 88 valence electrons. The van der Waals surface area contributed by atoms with Crippen LogP contribution in [0.3, 0.4) is 0 Å². The van der Waals surface area contributed by atoms with Crippen molar-refractivity contribution in [1.29, 1.82) is 0 Å². The summed E-state index contributed by atoms with van der Waals surface area (Å²) >= 11 is 0. The van der Waals surface area contributed by atoms with Gasteiger partial charge in [0.25, 0.3) is 0 Å². The molecule has 0 spiro atoms. The van der Waals surface area contributed by atoms with Crippen molar-refractivity contribution >= 4 is 21.5 Å². The van der Waals surface area contributed by atoms with Crippen LogP contribution in [0, 0.1) is 0 Å². The molecule has 16 heavy (non-hydrogen) atoms. The Balaban J connectivity index is 2.80. The third-order valence-electron chi connectivity index (χ3n) is 2.04. The standard InChI is InChI=1S/C10H13NO4S/c1-2-16(14,15)9-5-3-8(4-6-9)11-7-10(12)13/h3-6,11H,2,7H2,1H3,(H,12,13). The van der Waals surface area contributed by atoms with Crippen LogP contribution < -0.4 is 5.32 Å². The number of benzene rings is 1.